The van der Waals surface area contributed by atoms with Crippen molar-refractivity contribution in [2.24, 2.45) is 11.8 Å². The molecule has 0 heterocycles. The van der Waals surface area contributed by atoms with Crippen molar-refractivity contribution in [1.82, 2.24) is 0 Å². The van der Waals surface area contributed by atoms with E-state index in [9.17, 15) is 9.59 Å². The second kappa shape index (κ2) is 6.35. The molecule has 1 atom stereocenters. The molecule has 0 aliphatic heterocycles. The molecule has 1 N–H and O–H groups in total. The Morgan fingerprint density at radius 1 is 1.36 bits per heavy atom. The zero-order valence-corrected chi connectivity index (χ0v) is 8.99. The van der Waals surface area contributed by atoms with Crippen LogP contribution in [0, 0.1) is 11.8 Å². The zero-order valence-electron chi connectivity index (χ0n) is 8.99. The highest BCUT2D eigenvalue weighted by atomic mass is 16.4. The van der Waals surface area contributed by atoms with Gasteiger partial charge < -0.3 is 9.90 Å². The van der Waals surface area contributed by atoms with E-state index in [0.29, 0.717) is 12.3 Å². The van der Waals surface area contributed by atoms with E-state index in [0.717, 1.165) is 12.5 Å². The monoisotopic (exact) mass is 198 g/mol. The second-order valence-corrected chi connectivity index (χ2v) is 3.85. The summed E-state index contributed by atoms with van der Waals surface area (Å²) in [7, 11) is 0. The molecular weight excluding hydrogens is 180 g/mol. The normalized spacial score (nSPS) is 13.4. The molecular formula is C11H18O3. The van der Waals surface area contributed by atoms with E-state index in [1.54, 1.807) is 13.0 Å². The van der Waals surface area contributed by atoms with E-state index >= 15 is 0 Å². The van der Waals surface area contributed by atoms with Crippen LogP contribution in [-0.2, 0) is 9.59 Å². The fourth-order valence-corrected chi connectivity index (χ4v) is 1.23. The molecule has 0 aliphatic rings. The van der Waals surface area contributed by atoms with Gasteiger partial charge in [-0.3, -0.25) is 0 Å². The predicted octanol–water partition coefficient (Wildman–Crippen LogP) is 2.27. The molecule has 0 rings (SSSR count). The first-order valence-corrected chi connectivity index (χ1v) is 4.84. The highest BCUT2D eigenvalue weighted by Crippen LogP contribution is 2.18. The number of ketones is 1. The minimum absolute atomic E-state index is 0.152. The van der Waals surface area contributed by atoms with E-state index in [2.05, 4.69) is 0 Å². The third kappa shape index (κ3) is 6.40. The van der Waals surface area contributed by atoms with Gasteiger partial charge in [-0.25, -0.2) is 4.79 Å². The highest BCUT2D eigenvalue weighted by molar-refractivity contribution is 5.79. The largest absolute Gasteiger partial charge is 0.478 e. The van der Waals surface area contributed by atoms with Gasteiger partial charge in [-0.2, -0.15) is 0 Å². The van der Waals surface area contributed by atoms with Crippen LogP contribution in [0.5, 0.6) is 0 Å². The average Bonchev–Trinajstić information content (AvgIpc) is 2.02. The molecule has 0 amide bonds. The number of carboxylic acids is 1. The summed E-state index contributed by atoms with van der Waals surface area (Å²) in [6.45, 7) is 5.60. The number of aliphatic carboxylic acids is 1. The van der Waals surface area contributed by atoms with E-state index in [-0.39, 0.29) is 11.7 Å². The molecule has 0 radical (unpaired) electrons. The third-order valence-corrected chi connectivity index (χ3v) is 2.17. The molecule has 0 aromatic carbocycles. The van der Waals surface area contributed by atoms with Crippen LogP contribution in [-0.4, -0.2) is 16.9 Å². The Morgan fingerprint density at radius 3 is 2.29 bits per heavy atom. The molecule has 3 heteroatoms. The summed E-state index contributed by atoms with van der Waals surface area (Å²) in [5, 5.41) is 8.47. The van der Waals surface area contributed by atoms with Crippen LogP contribution >= 0.6 is 0 Å². The molecule has 0 fully saturated rings. The lowest BCUT2D eigenvalue weighted by Crippen LogP contribution is -2.08. The lowest BCUT2D eigenvalue weighted by molar-refractivity contribution is -0.131. The number of Topliss-reactive ketones (excluding diaryl/α,β-unsaturated/α-hetero) is 1. The first kappa shape index (κ1) is 12.9. The molecule has 0 aliphatic carbocycles. The maximum Gasteiger partial charge on any atom is 0.327 e. The minimum Gasteiger partial charge on any atom is -0.478 e. The standard InChI is InChI=1S/C11H18O3/c1-8(2)10(5-4-9(3)12)6-7-11(13)14/h6-8,10H,4-5H2,1-3H3,(H,13,14)/b7-6+. The summed E-state index contributed by atoms with van der Waals surface area (Å²) >= 11 is 0. The van der Waals surface area contributed by atoms with Gasteiger partial charge in [-0.15, -0.1) is 0 Å². The maximum atomic E-state index is 10.8. The van der Waals surface area contributed by atoms with Crippen molar-refractivity contribution in [2.75, 3.05) is 0 Å². The summed E-state index contributed by atoms with van der Waals surface area (Å²) in [4.78, 5) is 21.1. The van der Waals surface area contributed by atoms with Crippen molar-refractivity contribution in [3.05, 3.63) is 12.2 Å². The lowest BCUT2D eigenvalue weighted by atomic mass is 9.90. The van der Waals surface area contributed by atoms with E-state index < -0.39 is 5.97 Å². The Bertz CT molecular complexity index is 229. The number of hydrogen-bond donors (Lipinski definition) is 1. The van der Waals surface area contributed by atoms with Crippen LogP contribution in [0.3, 0.4) is 0 Å². The zero-order chi connectivity index (χ0) is 11.1. The van der Waals surface area contributed by atoms with Crippen LogP contribution in [0.2, 0.25) is 0 Å². The maximum absolute atomic E-state index is 10.8. The Labute approximate surface area is 84.8 Å². The number of carboxylic acid groups (broad SMARTS) is 1. The van der Waals surface area contributed by atoms with Crippen LogP contribution < -0.4 is 0 Å². The average molecular weight is 198 g/mol. The molecule has 0 saturated carbocycles. The van der Waals surface area contributed by atoms with E-state index in [1.165, 1.54) is 0 Å². The van der Waals surface area contributed by atoms with E-state index in [1.807, 2.05) is 13.8 Å². The molecule has 1 unspecified atom stereocenters. The number of allylic oxidation sites excluding steroid dienone is 1. The fourth-order valence-electron chi connectivity index (χ4n) is 1.23. The van der Waals surface area contributed by atoms with Crippen molar-refractivity contribution in [2.45, 2.75) is 33.6 Å². The summed E-state index contributed by atoms with van der Waals surface area (Å²) in [6.07, 6.45) is 4.09. The van der Waals surface area contributed by atoms with Crippen LogP contribution in [0.1, 0.15) is 33.6 Å². The molecule has 0 aromatic rings. The first-order chi connectivity index (χ1) is 6.43. The number of hydrogen-bond acceptors (Lipinski definition) is 2. The van der Waals surface area contributed by atoms with Gasteiger partial charge in [0.1, 0.15) is 5.78 Å². The Hall–Kier alpha value is -1.12. The molecule has 0 saturated heterocycles. The number of carbonyl (C=O) groups is 2. The Kier molecular flexibility index (Phi) is 5.84. The molecule has 0 spiro atoms. The predicted molar refractivity (Wildman–Crippen MR) is 55.0 cm³/mol. The Morgan fingerprint density at radius 2 is 1.93 bits per heavy atom. The van der Waals surface area contributed by atoms with E-state index in [4.69, 9.17) is 5.11 Å². The van der Waals surface area contributed by atoms with Crippen molar-refractivity contribution >= 4 is 11.8 Å². The van der Waals surface area contributed by atoms with Crippen LogP contribution in [0.4, 0.5) is 0 Å². The van der Waals surface area contributed by atoms with Gasteiger partial charge in [0.2, 0.25) is 0 Å². The number of rotatable bonds is 6. The molecule has 3 nitrogen and oxygen atoms in total. The first-order valence-electron chi connectivity index (χ1n) is 4.84. The number of carbonyl (C=O) groups excluding carboxylic acids is 1. The van der Waals surface area contributed by atoms with Gasteiger partial charge in [-0.1, -0.05) is 19.9 Å². The van der Waals surface area contributed by atoms with Crippen LogP contribution in [0.25, 0.3) is 0 Å². The molecule has 80 valence electrons. The summed E-state index contributed by atoms with van der Waals surface area (Å²) in [6, 6.07) is 0. The lowest BCUT2D eigenvalue weighted by Gasteiger charge is -2.15. The van der Waals surface area contributed by atoms with Crippen molar-refractivity contribution in [3.63, 3.8) is 0 Å². The summed E-state index contributed by atoms with van der Waals surface area (Å²) < 4.78 is 0. The van der Waals surface area contributed by atoms with Gasteiger partial charge in [0.05, 0.1) is 0 Å². The van der Waals surface area contributed by atoms with Gasteiger partial charge in [0.15, 0.2) is 0 Å². The van der Waals surface area contributed by atoms with Gasteiger partial charge in [-0.05, 0) is 25.2 Å². The fraction of sp³-hybridized carbons (Fsp3) is 0.636. The molecule has 0 bridgehead atoms. The quantitative estimate of drug-likeness (QED) is 0.666. The smallest absolute Gasteiger partial charge is 0.327 e. The van der Waals surface area contributed by atoms with Gasteiger partial charge in [0, 0.05) is 12.5 Å². The van der Waals surface area contributed by atoms with Crippen molar-refractivity contribution in [3.8, 4) is 0 Å². The highest BCUT2D eigenvalue weighted by Gasteiger charge is 2.10. The van der Waals surface area contributed by atoms with Crippen molar-refractivity contribution in [1.29, 1.82) is 0 Å². The van der Waals surface area contributed by atoms with Gasteiger partial charge in [0.25, 0.3) is 0 Å². The topological polar surface area (TPSA) is 54.4 Å². The molecule has 14 heavy (non-hydrogen) atoms. The molecule has 0 aromatic heterocycles. The Balaban J connectivity index is 4.16. The third-order valence-electron chi connectivity index (χ3n) is 2.17. The van der Waals surface area contributed by atoms with Crippen LogP contribution in [0.15, 0.2) is 12.2 Å². The summed E-state index contributed by atoms with van der Waals surface area (Å²) in [5.74, 6) is -0.238. The second-order valence-electron chi connectivity index (χ2n) is 3.85. The SMILES string of the molecule is CC(=O)CCC(/C=C/C(=O)O)C(C)C. The summed E-state index contributed by atoms with van der Waals surface area (Å²) in [5.41, 5.74) is 0. The minimum atomic E-state index is -0.932. The van der Waals surface area contributed by atoms with Crippen molar-refractivity contribution < 1.29 is 14.7 Å². The van der Waals surface area contributed by atoms with Gasteiger partial charge >= 0.3 is 5.97 Å².